The van der Waals surface area contributed by atoms with Gasteiger partial charge in [-0.3, -0.25) is 9.59 Å². The third-order valence-electron chi connectivity index (χ3n) is 10.1. The highest BCUT2D eigenvalue weighted by atomic mass is 35.5. The van der Waals surface area contributed by atoms with Gasteiger partial charge in [-0.15, -0.1) is 0 Å². The molecule has 0 aliphatic carbocycles. The van der Waals surface area contributed by atoms with Gasteiger partial charge in [-0.05, 0) is 68.1 Å². The summed E-state index contributed by atoms with van der Waals surface area (Å²) in [6.45, 7) is 5.36. The Morgan fingerprint density at radius 2 is 1.70 bits per heavy atom. The molecule has 3 N–H and O–H groups in total. The number of pyridine rings is 2. The van der Waals surface area contributed by atoms with Crippen LogP contribution in [0.15, 0.2) is 77.5 Å². The minimum absolute atomic E-state index is 0.00336. The van der Waals surface area contributed by atoms with Crippen LogP contribution in [0.3, 0.4) is 0 Å². The zero-order chi connectivity index (χ0) is 36.9. The Kier molecular flexibility index (Phi) is 9.32. The summed E-state index contributed by atoms with van der Waals surface area (Å²) < 4.78 is 26.3. The number of aliphatic hydroxyl groups is 1. The molecule has 1 spiro atoms. The second-order valence-electron chi connectivity index (χ2n) is 13.8. The van der Waals surface area contributed by atoms with Gasteiger partial charge in [-0.1, -0.05) is 41.4 Å². The lowest BCUT2D eigenvalue weighted by atomic mass is 9.73. The van der Waals surface area contributed by atoms with Crippen molar-refractivity contribution < 1.29 is 28.2 Å². The Balaban J connectivity index is 0.989. The highest BCUT2D eigenvalue weighted by Gasteiger charge is 2.45. The van der Waals surface area contributed by atoms with E-state index in [0.29, 0.717) is 34.6 Å². The second kappa shape index (κ2) is 14.1. The van der Waals surface area contributed by atoms with Gasteiger partial charge in [-0.25, -0.2) is 14.4 Å². The van der Waals surface area contributed by atoms with E-state index in [-0.39, 0.29) is 56.5 Å². The van der Waals surface area contributed by atoms with Crippen molar-refractivity contribution in [1.29, 1.82) is 0 Å². The molecule has 14 heteroatoms. The number of benzene rings is 2. The van der Waals surface area contributed by atoms with E-state index in [4.69, 9.17) is 32.4 Å². The molecule has 8 rings (SSSR count). The number of ether oxygens (including phenoxy) is 1. The number of fused-ring (bicyclic) bond motifs is 3. The van der Waals surface area contributed by atoms with E-state index >= 15 is 0 Å². The number of aryl methyl sites for hydroxylation is 1. The van der Waals surface area contributed by atoms with Crippen LogP contribution in [0, 0.1) is 18.2 Å². The summed E-state index contributed by atoms with van der Waals surface area (Å²) in [5.74, 6) is -0.510. The second-order valence-corrected chi connectivity index (χ2v) is 14.6. The molecule has 0 saturated carbocycles. The molecule has 2 amide bonds. The molecule has 0 bridgehead atoms. The van der Waals surface area contributed by atoms with Crippen molar-refractivity contribution in [3.63, 3.8) is 0 Å². The summed E-state index contributed by atoms with van der Waals surface area (Å²) in [6.07, 6.45) is 4.00. The topological polar surface area (TPSA) is 133 Å². The predicted molar refractivity (Wildman–Crippen MR) is 200 cm³/mol. The number of amides is 2. The number of aromatic nitrogens is 2. The maximum absolute atomic E-state index is 14.7. The fourth-order valence-corrected chi connectivity index (χ4v) is 7.78. The van der Waals surface area contributed by atoms with Gasteiger partial charge in [0.2, 0.25) is 0 Å². The molecule has 3 aliphatic rings. The molecule has 11 nitrogen and oxygen atoms in total. The first-order chi connectivity index (χ1) is 25.6. The van der Waals surface area contributed by atoms with Gasteiger partial charge in [0.05, 0.1) is 33.2 Å². The smallest absolute Gasteiger partial charge is 0.291 e. The third-order valence-corrected chi connectivity index (χ3v) is 10.8. The number of hydrogen-bond donors (Lipinski definition) is 3. The first kappa shape index (κ1) is 35.0. The van der Waals surface area contributed by atoms with Gasteiger partial charge in [0.1, 0.15) is 17.3 Å². The molecule has 1 unspecified atom stereocenters. The third kappa shape index (κ3) is 6.83. The van der Waals surface area contributed by atoms with E-state index < -0.39 is 18.0 Å². The van der Waals surface area contributed by atoms with Gasteiger partial charge < -0.3 is 34.7 Å². The van der Waals surface area contributed by atoms with Gasteiger partial charge >= 0.3 is 0 Å². The molecule has 272 valence electrons. The Hall–Kier alpha value is -5.01. The molecular formula is C39H35Cl2FN6O5. The minimum Gasteiger partial charge on any atom is -0.449 e. The molecule has 0 radical (unpaired) electrons. The largest absolute Gasteiger partial charge is 0.449 e. The van der Waals surface area contributed by atoms with Crippen molar-refractivity contribution >= 4 is 57.9 Å². The van der Waals surface area contributed by atoms with Crippen LogP contribution in [-0.4, -0.2) is 59.7 Å². The summed E-state index contributed by atoms with van der Waals surface area (Å²) >= 11 is 12.5. The Morgan fingerprint density at radius 3 is 2.43 bits per heavy atom. The number of nitrogens with zero attached hydrogens (tertiary/aromatic N) is 4. The zero-order valence-corrected chi connectivity index (χ0v) is 30.2. The van der Waals surface area contributed by atoms with Crippen LogP contribution in [0.5, 0.6) is 0 Å². The fraction of sp³-hybridized carbons (Fsp3) is 0.282. The predicted octanol–water partition coefficient (Wildman–Crippen LogP) is 7.67. The lowest BCUT2D eigenvalue weighted by Crippen LogP contribution is -2.59. The Morgan fingerprint density at radius 1 is 0.962 bits per heavy atom. The number of carbonyl (C=O) groups is 2. The van der Waals surface area contributed by atoms with Crippen molar-refractivity contribution in [1.82, 2.24) is 9.97 Å². The number of nitrogens with one attached hydrogen (secondary N) is 2. The molecule has 53 heavy (non-hydrogen) atoms. The molecule has 2 saturated heterocycles. The van der Waals surface area contributed by atoms with Crippen LogP contribution >= 0.6 is 23.2 Å². The average Bonchev–Trinajstić information content (AvgIpc) is 3.51. The molecule has 6 heterocycles. The number of hydrogen-bond acceptors (Lipinski definition) is 9. The van der Waals surface area contributed by atoms with E-state index in [2.05, 4.69) is 25.5 Å². The summed E-state index contributed by atoms with van der Waals surface area (Å²) in [5.41, 5.74) is 4.10. The quantitative estimate of drug-likeness (QED) is 0.153. The van der Waals surface area contributed by atoms with Crippen LogP contribution in [0.25, 0.3) is 11.5 Å². The molecular weight excluding hydrogens is 722 g/mol. The van der Waals surface area contributed by atoms with E-state index in [9.17, 15) is 19.1 Å². The average molecular weight is 758 g/mol. The van der Waals surface area contributed by atoms with Crippen LogP contribution in [0.2, 0.25) is 10.0 Å². The standard InChI is InChI=1S/C39H35Cl2FN6O5/c1-22-15-27(35(44-18-22)47-20-39(21-47)10-13-52-14-11-39)36(49)45-26-7-5-23(6-8-26)38(51)48-12-9-24-16-31(37(50)46-32-28(40)3-2-4-29(32)41)53-34(24)33-30(48)17-25(42)19-43-33/h2-8,15-19,38,51H,9-14,20-21H2,1H3,(H,45,49)(H,46,50). The Labute approximate surface area is 314 Å². The molecule has 3 aliphatic heterocycles. The first-order valence-electron chi connectivity index (χ1n) is 17.3. The summed E-state index contributed by atoms with van der Waals surface area (Å²) in [4.78, 5) is 39.5. The number of furan rings is 1. The van der Waals surface area contributed by atoms with Crippen molar-refractivity contribution in [2.45, 2.75) is 32.4 Å². The van der Waals surface area contributed by atoms with Crippen LogP contribution in [0.4, 0.5) is 27.3 Å². The number of anilines is 4. The first-order valence-corrected chi connectivity index (χ1v) is 18.0. The molecule has 3 aromatic heterocycles. The zero-order valence-electron chi connectivity index (χ0n) is 28.7. The SMILES string of the molecule is Cc1cnc(N2CC3(CCOCC3)C2)c(C(=O)Nc2ccc(C(O)N3CCc4cc(C(=O)Nc5c(Cl)cccc5Cl)oc4-c4ncc(F)cc43)cc2)c1. The molecule has 5 aromatic rings. The van der Waals surface area contributed by atoms with Gasteiger partial charge in [0, 0.05) is 67.3 Å². The maximum Gasteiger partial charge on any atom is 0.291 e. The van der Waals surface area contributed by atoms with Crippen molar-refractivity contribution in [2.24, 2.45) is 5.41 Å². The monoisotopic (exact) mass is 756 g/mol. The van der Waals surface area contributed by atoms with Crippen molar-refractivity contribution in [3.05, 3.63) is 117 Å². The fourth-order valence-electron chi connectivity index (χ4n) is 7.29. The lowest BCUT2D eigenvalue weighted by molar-refractivity contribution is -0.000510. The summed E-state index contributed by atoms with van der Waals surface area (Å²) in [7, 11) is 0. The van der Waals surface area contributed by atoms with Crippen LogP contribution in [-0.2, 0) is 11.2 Å². The van der Waals surface area contributed by atoms with Gasteiger partial charge in [-0.2, -0.15) is 0 Å². The lowest BCUT2D eigenvalue weighted by Gasteiger charge is -2.53. The van der Waals surface area contributed by atoms with E-state index in [1.165, 1.54) is 6.07 Å². The van der Waals surface area contributed by atoms with Crippen LogP contribution < -0.4 is 20.4 Å². The van der Waals surface area contributed by atoms with Crippen molar-refractivity contribution in [3.8, 4) is 11.5 Å². The number of halogens is 3. The van der Waals surface area contributed by atoms with E-state index in [0.717, 1.165) is 50.9 Å². The highest BCUT2D eigenvalue weighted by molar-refractivity contribution is 6.40. The maximum atomic E-state index is 14.7. The highest BCUT2D eigenvalue weighted by Crippen LogP contribution is 2.43. The number of carbonyl (C=O) groups excluding carboxylic acids is 2. The number of aliphatic hydroxyl groups excluding tert-OH is 1. The van der Waals surface area contributed by atoms with Gasteiger partial charge in [0.15, 0.2) is 17.7 Å². The number of para-hydroxylation sites is 1. The number of rotatable bonds is 7. The van der Waals surface area contributed by atoms with Gasteiger partial charge in [0.25, 0.3) is 11.8 Å². The summed E-state index contributed by atoms with van der Waals surface area (Å²) in [5, 5.41) is 17.9. The molecule has 2 aromatic carbocycles. The van der Waals surface area contributed by atoms with E-state index in [1.807, 2.05) is 13.0 Å². The molecule has 1 atom stereocenters. The van der Waals surface area contributed by atoms with Crippen LogP contribution in [0.1, 0.15) is 56.7 Å². The normalized spacial score (nSPS) is 16.6. The van der Waals surface area contributed by atoms with E-state index in [1.54, 1.807) is 59.6 Å². The van der Waals surface area contributed by atoms with Crippen molar-refractivity contribution in [2.75, 3.05) is 53.3 Å². The minimum atomic E-state index is -1.20. The Bertz CT molecular complexity index is 2200. The summed E-state index contributed by atoms with van der Waals surface area (Å²) in [6, 6.07) is 16.4. The molecule has 2 fully saturated rings.